The molecule has 1 unspecified atom stereocenters. The minimum atomic E-state index is 0.407. The minimum absolute atomic E-state index is 0.407. The predicted octanol–water partition coefficient (Wildman–Crippen LogP) is 3.34. The normalized spacial score (nSPS) is 12.5. The van der Waals surface area contributed by atoms with Crippen molar-refractivity contribution >= 4 is 11.6 Å². The van der Waals surface area contributed by atoms with Crippen LogP contribution in [0.4, 0.5) is 11.6 Å². The van der Waals surface area contributed by atoms with Crippen molar-refractivity contribution in [1.29, 1.82) is 0 Å². The molecule has 1 atom stereocenters. The molecule has 0 spiro atoms. The van der Waals surface area contributed by atoms with Crippen LogP contribution in [0.25, 0.3) is 0 Å². The van der Waals surface area contributed by atoms with Gasteiger partial charge in [-0.05, 0) is 25.7 Å². The van der Waals surface area contributed by atoms with Gasteiger partial charge < -0.3 is 10.7 Å². The molecular formula is C15H29N5. The highest BCUT2D eigenvalue weighted by molar-refractivity contribution is 5.57. The number of rotatable bonds is 9. The van der Waals surface area contributed by atoms with E-state index in [0.717, 1.165) is 42.4 Å². The summed E-state index contributed by atoms with van der Waals surface area (Å²) in [5.74, 6) is 7.92. The molecule has 1 rings (SSSR count). The molecule has 0 fully saturated rings. The number of aromatic nitrogens is 2. The fourth-order valence-electron chi connectivity index (χ4n) is 2.29. The topological polar surface area (TPSA) is 75.9 Å². The third kappa shape index (κ3) is 5.33. The first kappa shape index (κ1) is 16.7. The van der Waals surface area contributed by atoms with Crippen LogP contribution in [0.2, 0.25) is 0 Å². The zero-order chi connectivity index (χ0) is 15.0. The van der Waals surface area contributed by atoms with E-state index in [1.54, 1.807) is 6.33 Å². The van der Waals surface area contributed by atoms with Gasteiger partial charge in [0.2, 0.25) is 0 Å². The summed E-state index contributed by atoms with van der Waals surface area (Å²) >= 11 is 0. The van der Waals surface area contributed by atoms with Gasteiger partial charge in [-0.2, -0.15) is 0 Å². The molecule has 0 aliphatic carbocycles. The molecule has 20 heavy (non-hydrogen) atoms. The van der Waals surface area contributed by atoms with Crippen LogP contribution < -0.4 is 16.6 Å². The van der Waals surface area contributed by atoms with Crippen molar-refractivity contribution in [3.63, 3.8) is 0 Å². The van der Waals surface area contributed by atoms with Crippen LogP contribution in [0.5, 0.6) is 0 Å². The van der Waals surface area contributed by atoms with Gasteiger partial charge in [0, 0.05) is 11.6 Å². The van der Waals surface area contributed by atoms with Crippen molar-refractivity contribution in [3.05, 3.63) is 11.9 Å². The van der Waals surface area contributed by atoms with Crippen LogP contribution in [0.3, 0.4) is 0 Å². The second-order valence-corrected chi connectivity index (χ2v) is 5.81. The molecule has 0 aliphatic rings. The molecule has 1 aromatic heterocycles. The summed E-state index contributed by atoms with van der Waals surface area (Å²) in [6.45, 7) is 8.87. The van der Waals surface area contributed by atoms with Gasteiger partial charge in [-0.15, -0.1) is 0 Å². The Morgan fingerprint density at radius 2 is 1.85 bits per heavy atom. The minimum Gasteiger partial charge on any atom is -0.367 e. The quantitative estimate of drug-likeness (QED) is 0.477. The molecule has 0 aliphatic heterocycles. The van der Waals surface area contributed by atoms with Crippen molar-refractivity contribution in [2.75, 3.05) is 10.7 Å². The Labute approximate surface area is 122 Å². The molecular weight excluding hydrogens is 250 g/mol. The lowest BCUT2D eigenvalue weighted by atomic mass is 10.0. The Morgan fingerprint density at radius 3 is 2.45 bits per heavy atom. The number of hydrazine groups is 1. The van der Waals surface area contributed by atoms with E-state index in [1.165, 1.54) is 12.8 Å². The molecule has 1 heterocycles. The van der Waals surface area contributed by atoms with Gasteiger partial charge in [0.25, 0.3) is 0 Å². The zero-order valence-electron chi connectivity index (χ0n) is 13.2. The van der Waals surface area contributed by atoms with Gasteiger partial charge >= 0.3 is 0 Å². The van der Waals surface area contributed by atoms with Crippen molar-refractivity contribution in [1.82, 2.24) is 9.97 Å². The largest absolute Gasteiger partial charge is 0.367 e. The SMILES string of the molecule is CCCc1c(NN)ncnc1NC(C)CCCC(C)C. The van der Waals surface area contributed by atoms with E-state index in [-0.39, 0.29) is 0 Å². The Hall–Kier alpha value is -1.36. The van der Waals surface area contributed by atoms with Crippen LogP contribution in [-0.4, -0.2) is 16.0 Å². The lowest BCUT2D eigenvalue weighted by Gasteiger charge is -2.18. The molecule has 0 aromatic carbocycles. The summed E-state index contributed by atoms with van der Waals surface area (Å²) in [5, 5.41) is 3.50. The molecule has 5 heteroatoms. The van der Waals surface area contributed by atoms with E-state index in [1.807, 2.05) is 0 Å². The summed E-state index contributed by atoms with van der Waals surface area (Å²) < 4.78 is 0. The van der Waals surface area contributed by atoms with Crippen molar-refractivity contribution in [3.8, 4) is 0 Å². The fraction of sp³-hybridized carbons (Fsp3) is 0.733. The standard InChI is InChI=1S/C15H29N5/c1-5-7-13-14(17-10-18-15(13)20-16)19-12(4)9-6-8-11(2)3/h10-12H,5-9,16H2,1-4H3,(H2,17,18,19,20). The van der Waals surface area contributed by atoms with Gasteiger partial charge in [-0.3, -0.25) is 0 Å². The Kier molecular flexibility index (Phi) is 7.30. The van der Waals surface area contributed by atoms with Crippen LogP contribution in [0.1, 0.15) is 58.9 Å². The van der Waals surface area contributed by atoms with E-state index >= 15 is 0 Å². The number of nitrogens with two attached hydrogens (primary N) is 1. The smallest absolute Gasteiger partial charge is 0.148 e. The molecule has 0 saturated carbocycles. The average Bonchev–Trinajstić information content (AvgIpc) is 2.40. The zero-order valence-corrected chi connectivity index (χ0v) is 13.2. The second-order valence-electron chi connectivity index (χ2n) is 5.81. The van der Waals surface area contributed by atoms with E-state index in [2.05, 4.69) is 48.4 Å². The molecule has 114 valence electrons. The van der Waals surface area contributed by atoms with Crippen LogP contribution in [0, 0.1) is 5.92 Å². The van der Waals surface area contributed by atoms with Gasteiger partial charge in [-0.25, -0.2) is 15.8 Å². The number of nitrogens with zero attached hydrogens (tertiary/aromatic N) is 2. The van der Waals surface area contributed by atoms with Crippen molar-refractivity contribution in [2.45, 2.75) is 65.8 Å². The van der Waals surface area contributed by atoms with Crippen LogP contribution in [0.15, 0.2) is 6.33 Å². The predicted molar refractivity (Wildman–Crippen MR) is 85.6 cm³/mol. The van der Waals surface area contributed by atoms with Crippen LogP contribution in [-0.2, 0) is 6.42 Å². The maximum Gasteiger partial charge on any atom is 0.148 e. The third-order valence-electron chi connectivity index (χ3n) is 3.38. The summed E-state index contributed by atoms with van der Waals surface area (Å²) in [4.78, 5) is 8.55. The first-order valence-corrected chi connectivity index (χ1v) is 7.65. The van der Waals surface area contributed by atoms with E-state index in [9.17, 15) is 0 Å². The molecule has 0 bridgehead atoms. The Bertz CT molecular complexity index is 392. The molecule has 0 amide bonds. The number of nitrogens with one attached hydrogen (secondary N) is 2. The molecule has 5 nitrogen and oxygen atoms in total. The summed E-state index contributed by atoms with van der Waals surface area (Å²) in [6, 6.07) is 0.407. The lowest BCUT2D eigenvalue weighted by Crippen LogP contribution is -2.19. The second kappa shape index (κ2) is 8.74. The van der Waals surface area contributed by atoms with Crippen molar-refractivity contribution in [2.24, 2.45) is 11.8 Å². The maximum atomic E-state index is 5.53. The average molecular weight is 279 g/mol. The molecule has 1 aromatic rings. The molecule has 0 radical (unpaired) electrons. The Morgan fingerprint density at radius 1 is 1.15 bits per heavy atom. The highest BCUT2D eigenvalue weighted by Crippen LogP contribution is 2.22. The van der Waals surface area contributed by atoms with Gasteiger partial charge in [0.05, 0.1) is 0 Å². The van der Waals surface area contributed by atoms with Crippen LogP contribution >= 0.6 is 0 Å². The van der Waals surface area contributed by atoms with Gasteiger partial charge in [0.15, 0.2) is 0 Å². The highest BCUT2D eigenvalue weighted by atomic mass is 15.3. The summed E-state index contributed by atoms with van der Waals surface area (Å²) in [7, 11) is 0. The number of hydrogen-bond acceptors (Lipinski definition) is 5. The fourth-order valence-corrected chi connectivity index (χ4v) is 2.29. The first-order valence-electron chi connectivity index (χ1n) is 7.65. The number of anilines is 2. The third-order valence-corrected chi connectivity index (χ3v) is 3.38. The maximum absolute atomic E-state index is 5.53. The van der Waals surface area contributed by atoms with E-state index < -0.39 is 0 Å². The Balaban J connectivity index is 2.66. The van der Waals surface area contributed by atoms with Gasteiger partial charge in [-0.1, -0.05) is 40.0 Å². The number of nitrogen functional groups attached to an aromatic ring is 1. The van der Waals surface area contributed by atoms with E-state index in [4.69, 9.17) is 5.84 Å². The molecule has 0 saturated heterocycles. The highest BCUT2D eigenvalue weighted by Gasteiger charge is 2.12. The van der Waals surface area contributed by atoms with Crippen molar-refractivity contribution < 1.29 is 0 Å². The monoisotopic (exact) mass is 279 g/mol. The van der Waals surface area contributed by atoms with Gasteiger partial charge in [0.1, 0.15) is 18.0 Å². The van der Waals surface area contributed by atoms with E-state index in [0.29, 0.717) is 6.04 Å². The summed E-state index contributed by atoms with van der Waals surface area (Å²) in [5.41, 5.74) is 3.74. The number of hydrogen-bond donors (Lipinski definition) is 3. The first-order chi connectivity index (χ1) is 9.58. The molecule has 4 N–H and O–H groups in total. The summed E-state index contributed by atoms with van der Waals surface area (Å²) in [6.07, 6.45) is 7.17. The lowest BCUT2D eigenvalue weighted by molar-refractivity contribution is 0.519.